The molecule has 110 valence electrons. The minimum atomic E-state index is -0.549. The Kier molecular flexibility index (Phi) is 4.38. The fraction of sp³-hybridized carbons (Fsp3) is 0.154. The maximum absolute atomic E-state index is 14.4. The Bertz CT molecular complexity index is 729. The molecule has 2 rings (SSSR count). The van der Waals surface area contributed by atoms with Gasteiger partial charge < -0.3 is 10.6 Å². The first-order valence-electron chi connectivity index (χ1n) is 5.88. The second-order valence-electron chi connectivity index (χ2n) is 4.47. The van der Waals surface area contributed by atoms with Crippen molar-refractivity contribution >= 4 is 39.0 Å². The van der Waals surface area contributed by atoms with Crippen LogP contribution in [0.3, 0.4) is 0 Å². The summed E-state index contributed by atoms with van der Waals surface area (Å²) in [6, 6.07) is 4.63. The molecule has 5 nitrogen and oxygen atoms in total. The number of hydrogen-bond acceptors (Lipinski definition) is 3. The van der Waals surface area contributed by atoms with Gasteiger partial charge in [0.1, 0.15) is 10.7 Å². The molecule has 2 N–H and O–H groups in total. The van der Waals surface area contributed by atoms with Crippen LogP contribution in [0.15, 0.2) is 28.9 Å². The van der Waals surface area contributed by atoms with E-state index in [1.165, 1.54) is 27.9 Å². The first kappa shape index (κ1) is 15.6. The van der Waals surface area contributed by atoms with Crippen molar-refractivity contribution in [3.05, 3.63) is 45.9 Å². The van der Waals surface area contributed by atoms with Crippen LogP contribution in [0.25, 0.3) is 5.69 Å². The number of nitrogens with two attached hydrogens (primary N) is 1. The van der Waals surface area contributed by atoms with Gasteiger partial charge in [0.15, 0.2) is 11.5 Å². The van der Waals surface area contributed by atoms with Gasteiger partial charge in [-0.2, -0.15) is 5.10 Å². The van der Waals surface area contributed by atoms with Crippen molar-refractivity contribution in [1.29, 1.82) is 0 Å². The van der Waals surface area contributed by atoms with E-state index in [1.54, 1.807) is 20.2 Å². The van der Waals surface area contributed by atoms with Gasteiger partial charge in [-0.25, -0.2) is 9.07 Å². The van der Waals surface area contributed by atoms with Gasteiger partial charge >= 0.3 is 0 Å². The molecule has 0 fully saturated rings. The van der Waals surface area contributed by atoms with E-state index < -0.39 is 5.82 Å². The van der Waals surface area contributed by atoms with Crippen molar-refractivity contribution in [2.24, 2.45) is 5.73 Å². The van der Waals surface area contributed by atoms with Crippen LogP contribution in [0, 0.1) is 5.82 Å². The van der Waals surface area contributed by atoms with Gasteiger partial charge in [0.05, 0.1) is 4.47 Å². The summed E-state index contributed by atoms with van der Waals surface area (Å²) >= 11 is 7.97. The summed E-state index contributed by atoms with van der Waals surface area (Å²) in [6.07, 6.45) is 1.52. The highest BCUT2D eigenvalue weighted by atomic mass is 79.9. The average Bonchev–Trinajstić information content (AvgIpc) is 2.89. The molecular weight excluding hydrogens is 359 g/mol. The van der Waals surface area contributed by atoms with Gasteiger partial charge in [0.2, 0.25) is 0 Å². The van der Waals surface area contributed by atoms with Crippen molar-refractivity contribution in [2.75, 3.05) is 14.1 Å². The van der Waals surface area contributed by atoms with Crippen molar-refractivity contribution in [3.8, 4) is 5.69 Å². The lowest BCUT2D eigenvalue weighted by atomic mass is 10.2. The molecule has 0 saturated carbocycles. The van der Waals surface area contributed by atoms with E-state index in [9.17, 15) is 9.18 Å². The van der Waals surface area contributed by atoms with Crippen LogP contribution >= 0.6 is 28.1 Å². The number of rotatable bonds is 3. The van der Waals surface area contributed by atoms with E-state index in [0.29, 0.717) is 5.56 Å². The molecule has 21 heavy (non-hydrogen) atoms. The first-order chi connectivity index (χ1) is 9.82. The van der Waals surface area contributed by atoms with Gasteiger partial charge in [-0.05, 0) is 34.1 Å². The van der Waals surface area contributed by atoms with Crippen LogP contribution in [0.5, 0.6) is 0 Å². The summed E-state index contributed by atoms with van der Waals surface area (Å²) in [5.74, 6) is -0.805. The fourth-order valence-electron chi connectivity index (χ4n) is 1.71. The third-order valence-electron chi connectivity index (χ3n) is 2.79. The second kappa shape index (κ2) is 5.90. The molecule has 0 spiro atoms. The molecule has 0 aliphatic carbocycles. The predicted octanol–water partition coefficient (Wildman–Crippen LogP) is 2.11. The summed E-state index contributed by atoms with van der Waals surface area (Å²) in [6.45, 7) is 0. The van der Waals surface area contributed by atoms with Gasteiger partial charge in [-0.3, -0.25) is 4.79 Å². The smallest absolute Gasteiger partial charge is 0.273 e. The lowest BCUT2D eigenvalue weighted by Gasteiger charge is -2.09. The highest BCUT2D eigenvalue weighted by Crippen LogP contribution is 2.26. The van der Waals surface area contributed by atoms with Gasteiger partial charge in [-0.1, -0.05) is 12.2 Å². The molecule has 1 aromatic carbocycles. The summed E-state index contributed by atoms with van der Waals surface area (Å²) in [5.41, 5.74) is 6.34. The van der Waals surface area contributed by atoms with Gasteiger partial charge in [-0.15, -0.1) is 0 Å². The summed E-state index contributed by atoms with van der Waals surface area (Å²) < 4.78 is 15.8. The van der Waals surface area contributed by atoms with E-state index in [1.807, 2.05) is 0 Å². The second-order valence-corrected chi connectivity index (χ2v) is 5.70. The number of hydrogen-bond donors (Lipinski definition) is 1. The lowest BCUT2D eigenvalue weighted by Crippen LogP contribution is -2.22. The fourth-order valence-corrected chi connectivity index (χ4v) is 2.56. The Labute approximate surface area is 134 Å². The molecule has 0 unspecified atom stereocenters. The number of thiocarbonyl (C=S) groups is 1. The molecule has 0 saturated heterocycles. The van der Waals surface area contributed by atoms with Crippen molar-refractivity contribution in [2.45, 2.75) is 0 Å². The highest BCUT2D eigenvalue weighted by Gasteiger charge is 2.17. The normalized spacial score (nSPS) is 10.5. The number of carbonyl (C=O) groups excluding carboxylic acids is 1. The Morgan fingerprint density at radius 2 is 2.10 bits per heavy atom. The van der Waals surface area contributed by atoms with Crippen LogP contribution in [0.1, 0.15) is 16.1 Å². The maximum atomic E-state index is 14.4. The van der Waals surface area contributed by atoms with Crippen LogP contribution in [-0.4, -0.2) is 39.7 Å². The largest absolute Gasteiger partial charge is 0.389 e. The number of amides is 1. The van der Waals surface area contributed by atoms with E-state index >= 15 is 0 Å². The lowest BCUT2D eigenvalue weighted by molar-refractivity contribution is 0.0821. The Morgan fingerprint density at radius 3 is 2.67 bits per heavy atom. The standard InChI is InChI=1S/C13H12BrFN4OS/c1-18(2)13(20)8-5-6-19(17-8)9-4-3-7(12(16)21)10(14)11(9)15/h3-6H,1-2H3,(H2,16,21). The maximum Gasteiger partial charge on any atom is 0.273 e. The summed E-state index contributed by atoms with van der Waals surface area (Å²) in [4.78, 5) is 13.3. The third-order valence-corrected chi connectivity index (χ3v) is 3.78. The summed E-state index contributed by atoms with van der Waals surface area (Å²) in [7, 11) is 3.24. The molecule has 0 bridgehead atoms. The summed E-state index contributed by atoms with van der Waals surface area (Å²) in [5, 5.41) is 4.08. The van der Waals surface area contributed by atoms with Crippen LogP contribution in [0.2, 0.25) is 0 Å². The molecule has 2 aromatic rings. The zero-order valence-corrected chi connectivity index (χ0v) is 13.7. The topological polar surface area (TPSA) is 64.2 Å². The molecule has 8 heteroatoms. The molecular formula is C13H12BrFN4OS. The van der Waals surface area contributed by atoms with Gasteiger partial charge in [0.25, 0.3) is 5.91 Å². The molecule has 0 aliphatic heterocycles. The van der Waals surface area contributed by atoms with Crippen molar-refractivity contribution in [3.63, 3.8) is 0 Å². The minimum absolute atomic E-state index is 0.0938. The van der Waals surface area contributed by atoms with Crippen molar-refractivity contribution in [1.82, 2.24) is 14.7 Å². The number of nitrogens with zero attached hydrogens (tertiary/aromatic N) is 3. The first-order valence-corrected chi connectivity index (χ1v) is 7.08. The molecule has 0 aliphatic rings. The van der Waals surface area contributed by atoms with E-state index in [2.05, 4.69) is 21.0 Å². The van der Waals surface area contributed by atoms with Crippen molar-refractivity contribution < 1.29 is 9.18 Å². The average molecular weight is 371 g/mol. The number of aromatic nitrogens is 2. The van der Waals surface area contributed by atoms with Crippen LogP contribution in [-0.2, 0) is 0 Å². The quantitative estimate of drug-likeness (QED) is 0.840. The molecule has 1 heterocycles. The Morgan fingerprint density at radius 1 is 1.43 bits per heavy atom. The van der Waals surface area contributed by atoms with E-state index in [0.717, 1.165) is 0 Å². The molecule has 1 amide bonds. The SMILES string of the molecule is CN(C)C(=O)c1ccn(-c2ccc(C(N)=S)c(Br)c2F)n1. The molecule has 0 radical (unpaired) electrons. The monoisotopic (exact) mass is 370 g/mol. The Hall–Kier alpha value is -1.80. The zero-order valence-electron chi connectivity index (χ0n) is 11.3. The number of halogens is 2. The Balaban J connectivity index is 2.46. The predicted molar refractivity (Wildman–Crippen MR) is 85.1 cm³/mol. The van der Waals surface area contributed by atoms with Crippen LogP contribution in [0.4, 0.5) is 4.39 Å². The highest BCUT2D eigenvalue weighted by molar-refractivity contribution is 9.10. The van der Waals surface area contributed by atoms with Gasteiger partial charge in [0, 0.05) is 25.9 Å². The third kappa shape index (κ3) is 2.96. The molecule has 0 atom stereocenters. The number of benzene rings is 1. The van der Waals surface area contributed by atoms with Crippen LogP contribution < -0.4 is 5.73 Å². The van der Waals surface area contributed by atoms with E-state index in [-0.39, 0.29) is 26.7 Å². The molecule has 1 aromatic heterocycles. The number of carbonyl (C=O) groups is 1. The van der Waals surface area contributed by atoms with E-state index in [4.69, 9.17) is 18.0 Å². The zero-order chi connectivity index (χ0) is 15.7. The minimum Gasteiger partial charge on any atom is -0.389 e.